The standard InChI is InChI=1S/C17H9Cl3F3N3O3/c18-10-5-9(17(21,22)23)1-2-13(10)29-15-11(19)3-8(4-12(15)20)7-26-16(28)25-14(27)6-24-26/h1-6H,7H2,(H,25,27,28). The zero-order valence-electron chi connectivity index (χ0n) is 14.1. The first-order valence-corrected chi connectivity index (χ1v) is 8.87. The van der Waals surface area contributed by atoms with Crippen molar-refractivity contribution in [1.82, 2.24) is 14.8 Å². The van der Waals surface area contributed by atoms with Gasteiger partial charge in [-0.25, -0.2) is 9.48 Å². The van der Waals surface area contributed by atoms with Gasteiger partial charge in [-0.15, -0.1) is 0 Å². The first-order valence-electron chi connectivity index (χ1n) is 7.73. The molecule has 1 N–H and O–H groups in total. The van der Waals surface area contributed by atoms with Gasteiger partial charge in [0.05, 0.1) is 27.2 Å². The number of aromatic nitrogens is 3. The maximum absolute atomic E-state index is 12.7. The molecule has 0 aliphatic carbocycles. The summed E-state index contributed by atoms with van der Waals surface area (Å²) in [7, 11) is 0. The molecule has 0 fully saturated rings. The molecule has 1 heterocycles. The van der Waals surface area contributed by atoms with Gasteiger partial charge in [-0.2, -0.15) is 18.3 Å². The maximum atomic E-state index is 12.7. The highest BCUT2D eigenvalue weighted by molar-refractivity contribution is 6.37. The van der Waals surface area contributed by atoms with Crippen molar-refractivity contribution in [2.24, 2.45) is 0 Å². The predicted octanol–water partition coefficient (Wildman–Crippen LogP) is 4.75. The van der Waals surface area contributed by atoms with E-state index in [9.17, 15) is 22.8 Å². The van der Waals surface area contributed by atoms with Gasteiger partial charge in [-0.05, 0) is 35.9 Å². The van der Waals surface area contributed by atoms with E-state index in [-0.39, 0.29) is 33.1 Å². The molecular weight excluding hydrogens is 458 g/mol. The summed E-state index contributed by atoms with van der Waals surface area (Å²) in [5, 5.41) is 3.48. The van der Waals surface area contributed by atoms with Gasteiger partial charge in [0, 0.05) is 0 Å². The molecule has 0 bridgehead atoms. The Kier molecular flexibility index (Phi) is 5.92. The Labute approximate surface area is 175 Å². The summed E-state index contributed by atoms with van der Waals surface area (Å²) in [5.74, 6) is -0.102. The van der Waals surface area contributed by atoms with Gasteiger partial charge < -0.3 is 4.74 Å². The highest BCUT2D eigenvalue weighted by atomic mass is 35.5. The number of alkyl halides is 3. The summed E-state index contributed by atoms with van der Waals surface area (Å²) in [5.41, 5.74) is -1.82. The molecule has 0 unspecified atom stereocenters. The quantitative estimate of drug-likeness (QED) is 0.602. The molecule has 0 radical (unpaired) electrons. The molecule has 3 rings (SSSR count). The minimum absolute atomic E-state index is 0.0273. The number of aromatic amines is 1. The lowest BCUT2D eigenvalue weighted by atomic mass is 10.2. The molecule has 0 aliphatic rings. The number of nitrogens with zero attached hydrogens (tertiary/aromatic N) is 2. The van der Waals surface area contributed by atoms with Crippen molar-refractivity contribution in [2.75, 3.05) is 0 Å². The van der Waals surface area contributed by atoms with Crippen molar-refractivity contribution in [2.45, 2.75) is 12.7 Å². The number of halogens is 6. The average Bonchev–Trinajstić information content (AvgIpc) is 2.61. The van der Waals surface area contributed by atoms with E-state index in [0.29, 0.717) is 5.56 Å². The van der Waals surface area contributed by atoms with Crippen LogP contribution in [0.5, 0.6) is 11.5 Å². The minimum atomic E-state index is -4.55. The van der Waals surface area contributed by atoms with Crippen LogP contribution in [0, 0.1) is 0 Å². The normalized spacial score (nSPS) is 11.5. The van der Waals surface area contributed by atoms with Gasteiger partial charge in [-0.3, -0.25) is 9.78 Å². The predicted molar refractivity (Wildman–Crippen MR) is 101 cm³/mol. The fraction of sp³-hybridized carbons (Fsp3) is 0.118. The number of hydrogen-bond donors (Lipinski definition) is 1. The van der Waals surface area contributed by atoms with Crippen molar-refractivity contribution in [3.63, 3.8) is 0 Å². The van der Waals surface area contributed by atoms with Gasteiger partial charge in [0.1, 0.15) is 11.9 Å². The zero-order valence-corrected chi connectivity index (χ0v) is 16.3. The smallest absolute Gasteiger partial charge is 0.416 e. The first-order chi connectivity index (χ1) is 13.5. The third-order valence-corrected chi connectivity index (χ3v) is 4.50. The van der Waals surface area contributed by atoms with Gasteiger partial charge >= 0.3 is 11.9 Å². The van der Waals surface area contributed by atoms with Crippen LogP contribution in [0.1, 0.15) is 11.1 Å². The molecule has 0 aliphatic heterocycles. The molecule has 12 heteroatoms. The molecule has 0 saturated heterocycles. The largest absolute Gasteiger partial charge is 0.453 e. The summed E-state index contributed by atoms with van der Waals surface area (Å²) in [6, 6.07) is 5.45. The molecule has 2 aromatic carbocycles. The number of benzene rings is 2. The van der Waals surface area contributed by atoms with Crippen molar-refractivity contribution in [1.29, 1.82) is 0 Å². The Morgan fingerprint density at radius 1 is 1.03 bits per heavy atom. The summed E-state index contributed by atoms with van der Waals surface area (Å²) >= 11 is 18.2. The maximum Gasteiger partial charge on any atom is 0.416 e. The van der Waals surface area contributed by atoms with E-state index in [2.05, 4.69) is 10.1 Å². The summed E-state index contributed by atoms with van der Waals surface area (Å²) < 4.78 is 44.7. The van der Waals surface area contributed by atoms with Crippen LogP contribution >= 0.6 is 34.8 Å². The second kappa shape index (κ2) is 8.10. The van der Waals surface area contributed by atoms with E-state index in [1.54, 1.807) is 0 Å². The summed E-state index contributed by atoms with van der Waals surface area (Å²) in [6.45, 7) is -0.0453. The second-order valence-electron chi connectivity index (χ2n) is 5.73. The third-order valence-electron chi connectivity index (χ3n) is 3.64. The molecule has 0 atom stereocenters. The monoisotopic (exact) mass is 465 g/mol. The van der Waals surface area contributed by atoms with E-state index < -0.39 is 23.0 Å². The summed E-state index contributed by atoms with van der Waals surface area (Å²) in [4.78, 5) is 24.8. The highest BCUT2D eigenvalue weighted by Crippen LogP contribution is 2.41. The number of nitrogens with one attached hydrogen (secondary N) is 1. The Morgan fingerprint density at radius 2 is 1.69 bits per heavy atom. The minimum Gasteiger partial charge on any atom is -0.453 e. The third kappa shape index (κ3) is 4.92. The van der Waals surface area contributed by atoms with Crippen molar-refractivity contribution in [3.8, 4) is 11.5 Å². The fourth-order valence-corrected chi connectivity index (χ4v) is 3.16. The first kappa shape index (κ1) is 21.2. The van der Waals surface area contributed by atoms with E-state index in [4.69, 9.17) is 39.5 Å². The van der Waals surface area contributed by atoms with Crippen molar-refractivity contribution in [3.05, 3.63) is 83.6 Å². The van der Waals surface area contributed by atoms with Crippen LogP contribution in [-0.2, 0) is 12.7 Å². The van der Waals surface area contributed by atoms with Crippen LogP contribution in [-0.4, -0.2) is 14.8 Å². The van der Waals surface area contributed by atoms with E-state index in [1.807, 2.05) is 0 Å². The zero-order chi connectivity index (χ0) is 21.3. The molecule has 1 aromatic heterocycles. The molecule has 29 heavy (non-hydrogen) atoms. The van der Waals surface area contributed by atoms with Crippen LogP contribution in [0.4, 0.5) is 13.2 Å². The molecule has 0 amide bonds. The lowest BCUT2D eigenvalue weighted by Crippen LogP contribution is -2.31. The number of hydrogen-bond acceptors (Lipinski definition) is 4. The van der Waals surface area contributed by atoms with Crippen LogP contribution in [0.15, 0.2) is 46.1 Å². The Balaban J connectivity index is 1.88. The molecular formula is C17H9Cl3F3N3O3. The van der Waals surface area contributed by atoms with Gasteiger partial charge in [0.15, 0.2) is 5.75 Å². The van der Waals surface area contributed by atoms with Crippen LogP contribution in [0.3, 0.4) is 0 Å². The van der Waals surface area contributed by atoms with Crippen molar-refractivity contribution < 1.29 is 17.9 Å². The van der Waals surface area contributed by atoms with Crippen LogP contribution in [0.25, 0.3) is 0 Å². The molecule has 152 valence electrons. The van der Waals surface area contributed by atoms with E-state index in [1.165, 1.54) is 12.1 Å². The molecule has 0 saturated carbocycles. The van der Waals surface area contributed by atoms with Crippen LogP contribution < -0.4 is 16.0 Å². The SMILES string of the molecule is O=c1cnn(Cc2cc(Cl)c(Oc3ccc(C(F)(F)F)cc3Cl)c(Cl)c2)c(=O)[nH]1. The fourth-order valence-electron chi connectivity index (χ4n) is 2.33. The summed E-state index contributed by atoms with van der Waals surface area (Å²) in [6.07, 6.45) is -3.61. The van der Waals surface area contributed by atoms with E-state index in [0.717, 1.165) is 29.1 Å². The Morgan fingerprint density at radius 3 is 2.24 bits per heavy atom. The number of ether oxygens (including phenoxy) is 1. The lowest BCUT2D eigenvalue weighted by Gasteiger charge is -2.14. The topological polar surface area (TPSA) is 77.0 Å². The average molecular weight is 467 g/mol. The number of H-pyrrole nitrogens is 1. The van der Waals surface area contributed by atoms with E-state index >= 15 is 0 Å². The second-order valence-corrected chi connectivity index (χ2v) is 6.95. The van der Waals surface area contributed by atoms with Crippen LogP contribution in [0.2, 0.25) is 15.1 Å². The highest BCUT2D eigenvalue weighted by Gasteiger charge is 2.31. The van der Waals surface area contributed by atoms with Gasteiger partial charge in [-0.1, -0.05) is 34.8 Å². The van der Waals surface area contributed by atoms with Gasteiger partial charge in [0.2, 0.25) is 0 Å². The Hall–Kier alpha value is -2.49. The van der Waals surface area contributed by atoms with Gasteiger partial charge in [0.25, 0.3) is 5.56 Å². The Bertz CT molecular complexity index is 1170. The molecule has 3 aromatic rings. The molecule has 6 nitrogen and oxygen atoms in total. The van der Waals surface area contributed by atoms with Crippen molar-refractivity contribution >= 4 is 34.8 Å². The number of rotatable bonds is 4. The lowest BCUT2D eigenvalue weighted by molar-refractivity contribution is -0.137. The molecule has 0 spiro atoms.